The molecule has 0 bridgehead atoms. The standard InChI is InChI=1S/C12H16F3NO2.ClH/c1-17-10-4-3-8(7-11(10)18-2)9(16)5-6-12(13,14)15;/h3-4,7,9H,5-6,16H2,1-2H3;1H/t9-;/m0./s1. The number of rotatable bonds is 5. The Bertz CT molecular complexity index is 399. The van der Waals surface area contributed by atoms with Crippen LogP contribution < -0.4 is 15.2 Å². The van der Waals surface area contributed by atoms with Gasteiger partial charge in [0.25, 0.3) is 0 Å². The van der Waals surface area contributed by atoms with Gasteiger partial charge < -0.3 is 15.2 Å². The smallest absolute Gasteiger partial charge is 0.389 e. The van der Waals surface area contributed by atoms with Crippen LogP contribution in [0.25, 0.3) is 0 Å². The first-order valence-electron chi connectivity index (χ1n) is 5.41. The van der Waals surface area contributed by atoms with Crippen LogP contribution in [-0.4, -0.2) is 20.4 Å². The molecule has 0 aliphatic heterocycles. The summed E-state index contributed by atoms with van der Waals surface area (Å²) in [6.07, 6.45) is -5.24. The van der Waals surface area contributed by atoms with Crippen LogP contribution in [0, 0.1) is 0 Å². The Morgan fingerprint density at radius 3 is 2.21 bits per heavy atom. The summed E-state index contributed by atoms with van der Waals surface area (Å²) in [6.45, 7) is 0. The molecule has 0 aliphatic carbocycles. The maximum absolute atomic E-state index is 12.1. The predicted molar refractivity (Wildman–Crippen MR) is 69.0 cm³/mol. The second-order valence-electron chi connectivity index (χ2n) is 3.87. The lowest BCUT2D eigenvalue weighted by atomic mass is 10.0. The zero-order valence-corrected chi connectivity index (χ0v) is 11.5. The number of methoxy groups -OCH3 is 2. The highest BCUT2D eigenvalue weighted by Crippen LogP contribution is 2.32. The van der Waals surface area contributed by atoms with Gasteiger partial charge in [-0.15, -0.1) is 12.4 Å². The summed E-state index contributed by atoms with van der Waals surface area (Å²) in [5, 5.41) is 0. The SMILES string of the molecule is COc1ccc([C@@H](N)CCC(F)(F)F)cc1OC.Cl. The largest absolute Gasteiger partial charge is 0.493 e. The van der Waals surface area contributed by atoms with Crippen molar-refractivity contribution in [3.05, 3.63) is 23.8 Å². The molecule has 2 N–H and O–H groups in total. The van der Waals surface area contributed by atoms with Crippen molar-refractivity contribution in [1.29, 1.82) is 0 Å². The van der Waals surface area contributed by atoms with E-state index in [9.17, 15) is 13.2 Å². The summed E-state index contributed by atoms with van der Waals surface area (Å²) in [4.78, 5) is 0. The molecule has 0 heterocycles. The second kappa shape index (κ2) is 7.45. The molecule has 110 valence electrons. The van der Waals surface area contributed by atoms with Gasteiger partial charge in [-0.05, 0) is 24.1 Å². The van der Waals surface area contributed by atoms with Gasteiger partial charge in [0.05, 0.1) is 14.2 Å². The third-order valence-corrected chi connectivity index (χ3v) is 2.57. The van der Waals surface area contributed by atoms with Crippen molar-refractivity contribution >= 4 is 12.4 Å². The maximum atomic E-state index is 12.1. The molecule has 7 heteroatoms. The van der Waals surface area contributed by atoms with Gasteiger partial charge in [0, 0.05) is 12.5 Å². The van der Waals surface area contributed by atoms with E-state index in [1.54, 1.807) is 18.2 Å². The van der Waals surface area contributed by atoms with Gasteiger partial charge in [-0.2, -0.15) is 13.2 Å². The van der Waals surface area contributed by atoms with Gasteiger partial charge >= 0.3 is 6.18 Å². The van der Waals surface area contributed by atoms with Crippen LogP contribution in [0.3, 0.4) is 0 Å². The van der Waals surface area contributed by atoms with Crippen LogP contribution in [0.2, 0.25) is 0 Å². The maximum Gasteiger partial charge on any atom is 0.389 e. The van der Waals surface area contributed by atoms with Crippen LogP contribution in [0.5, 0.6) is 11.5 Å². The van der Waals surface area contributed by atoms with E-state index in [0.29, 0.717) is 17.1 Å². The molecule has 1 aromatic rings. The third-order valence-electron chi connectivity index (χ3n) is 2.57. The minimum absolute atomic E-state index is 0. The Balaban J connectivity index is 0.00000324. The van der Waals surface area contributed by atoms with Crippen LogP contribution in [0.4, 0.5) is 13.2 Å². The molecular formula is C12H17ClF3NO2. The number of halogens is 4. The van der Waals surface area contributed by atoms with Gasteiger partial charge in [0.1, 0.15) is 0 Å². The van der Waals surface area contributed by atoms with Crippen molar-refractivity contribution in [3.63, 3.8) is 0 Å². The lowest BCUT2D eigenvalue weighted by Gasteiger charge is -2.15. The zero-order valence-electron chi connectivity index (χ0n) is 10.7. The first-order chi connectivity index (χ1) is 8.37. The molecule has 0 radical (unpaired) electrons. The first kappa shape index (κ1) is 17.9. The Kier molecular flexibility index (Phi) is 7.00. The molecular weight excluding hydrogens is 283 g/mol. The summed E-state index contributed by atoms with van der Waals surface area (Å²) in [7, 11) is 2.95. The third kappa shape index (κ3) is 5.57. The van der Waals surface area contributed by atoms with Gasteiger partial charge in [0.2, 0.25) is 0 Å². The number of hydrogen-bond donors (Lipinski definition) is 1. The minimum Gasteiger partial charge on any atom is -0.493 e. The normalized spacial score (nSPS) is 12.5. The monoisotopic (exact) mass is 299 g/mol. The average molecular weight is 300 g/mol. The van der Waals surface area contributed by atoms with Crippen molar-refractivity contribution in [3.8, 4) is 11.5 Å². The van der Waals surface area contributed by atoms with E-state index in [2.05, 4.69) is 0 Å². The van der Waals surface area contributed by atoms with Crippen LogP contribution in [0.1, 0.15) is 24.4 Å². The van der Waals surface area contributed by atoms with E-state index in [0.717, 1.165) is 0 Å². The molecule has 3 nitrogen and oxygen atoms in total. The van der Waals surface area contributed by atoms with Crippen LogP contribution in [-0.2, 0) is 0 Å². The predicted octanol–water partition coefficient (Wildman–Crippen LogP) is 3.47. The van der Waals surface area contributed by atoms with Crippen molar-refractivity contribution in [1.82, 2.24) is 0 Å². The fraction of sp³-hybridized carbons (Fsp3) is 0.500. The van der Waals surface area contributed by atoms with E-state index in [-0.39, 0.29) is 18.8 Å². The quantitative estimate of drug-likeness (QED) is 0.905. The average Bonchev–Trinajstić information content (AvgIpc) is 2.34. The van der Waals surface area contributed by atoms with Gasteiger partial charge in [-0.25, -0.2) is 0 Å². The van der Waals surface area contributed by atoms with Crippen molar-refractivity contribution < 1.29 is 22.6 Å². The first-order valence-corrected chi connectivity index (χ1v) is 5.41. The summed E-state index contributed by atoms with van der Waals surface area (Å²) in [5.41, 5.74) is 6.32. The molecule has 0 saturated carbocycles. The molecule has 1 aromatic carbocycles. The summed E-state index contributed by atoms with van der Waals surface area (Å²) < 4.78 is 46.4. The van der Waals surface area contributed by atoms with Gasteiger partial charge in [-0.3, -0.25) is 0 Å². The lowest BCUT2D eigenvalue weighted by Crippen LogP contribution is -2.15. The number of alkyl halides is 3. The second-order valence-corrected chi connectivity index (χ2v) is 3.87. The van der Waals surface area contributed by atoms with E-state index >= 15 is 0 Å². The fourth-order valence-electron chi connectivity index (χ4n) is 1.57. The molecule has 0 spiro atoms. The number of ether oxygens (including phenoxy) is 2. The van der Waals surface area contributed by atoms with Gasteiger partial charge in [-0.1, -0.05) is 6.07 Å². The van der Waals surface area contributed by atoms with Crippen molar-refractivity contribution in [2.75, 3.05) is 14.2 Å². The molecule has 1 atom stereocenters. The zero-order chi connectivity index (χ0) is 13.8. The van der Waals surface area contributed by atoms with E-state index < -0.39 is 18.6 Å². The van der Waals surface area contributed by atoms with E-state index in [1.165, 1.54) is 14.2 Å². The van der Waals surface area contributed by atoms with E-state index in [4.69, 9.17) is 15.2 Å². The Morgan fingerprint density at radius 2 is 1.74 bits per heavy atom. The highest BCUT2D eigenvalue weighted by molar-refractivity contribution is 5.85. The molecule has 0 amide bonds. The summed E-state index contributed by atoms with van der Waals surface area (Å²) >= 11 is 0. The minimum atomic E-state index is -4.19. The molecule has 1 rings (SSSR count). The molecule has 0 saturated heterocycles. The Labute approximate surface area is 116 Å². The molecule has 0 aliphatic rings. The topological polar surface area (TPSA) is 44.5 Å². The summed E-state index contributed by atoms with van der Waals surface area (Å²) in [6, 6.07) is 4.19. The number of nitrogens with two attached hydrogens (primary N) is 1. The highest BCUT2D eigenvalue weighted by Gasteiger charge is 2.28. The number of benzene rings is 1. The van der Waals surface area contributed by atoms with Gasteiger partial charge in [0.15, 0.2) is 11.5 Å². The Hall–Kier alpha value is -1.14. The Morgan fingerprint density at radius 1 is 1.16 bits per heavy atom. The van der Waals surface area contributed by atoms with Crippen LogP contribution in [0.15, 0.2) is 18.2 Å². The number of hydrogen-bond acceptors (Lipinski definition) is 3. The molecule has 0 aromatic heterocycles. The highest BCUT2D eigenvalue weighted by atomic mass is 35.5. The molecule has 0 fully saturated rings. The molecule has 0 unspecified atom stereocenters. The summed E-state index contributed by atoms with van der Waals surface area (Å²) in [5.74, 6) is 0.974. The van der Waals surface area contributed by atoms with Crippen LogP contribution >= 0.6 is 12.4 Å². The van der Waals surface area contributed by atoms with Crippen molar-refractivity contribution in [2.45, 2.75) is 25.1 Å². The van der Waals surface area contributed by atoms with Crippen molar-refractivity contribution in [2.24, 2.45) is 5.73 Å². The fourth-order valence-corrected chi connectivity index (χ4v) is 1.57. The van der Waals surface area contributed by atoms with E-state index in [1.807, 2.05) is 0 Å². The lowest BCUT2D eigenvalue weighted by molar-refractivity contribution is -0.136. The molecule has 19 heavy (non-hydrogen) atoms.